The van der Waals surface area contributed by atoms with Crippen molar-refractivity contribution < 1.29 is 4.74 Å². The minimum Gasteiger partial charge on any atom is -0.387 e. The van der Waals surface area contributed by atoms with Crippen LogP contribution in [0.4, 0.5) is 0 Å². The van der Waals surface area contributed by atoms with Crippen LogP contribution >= 0.6 is 11.3 Å². The Kier molecular flexibility index (Phi) is 14.0. The fourth-order valence-corrected chi connectivity index (χ4v) is 4.20. The van der Waals surface area contributed by atoms with Crippen molar-refractivity contribution in [3.05, 3.63) is 81.8 Å². The molecule has 0 spiro atoms. The average Bonchev–Trinajstić information content (AvgIpc) is 3.37. The van der Waals surface area contributed by atoms with E-state index in [0.717, 1.165) is 58.3 Å². The number of dihydropyridines is 1. The Labute approximate surface area is 205 Å². The maximum absolute atomic E-state index is 6.10. The molecule has 0 amide bonds. The van der Waals surface area contributed by atoms with Gasteiger partial charge in [0, 0.05) is 18.7 Å². The number of hydrogen-bond donors (Lipinski definition) is 2. The van der Waals surface area contributed by atoms with Gasteiger partial charge in [0.05, 0.1) is 19.3 Å². The molecular formula is C29H40N2OS. The molecule has 2 heterocycles. The summed E-state index contributed by atoms with van der Waals surface area (Å²) < 4.78 is 6.10. The van der Waals surface area contributed by atoms with Crippen LogP contribution in [0.15, 0.2) is 76.2 Å². The number of rotatable bonds is 6. The highest BCUT2D eigenvalue weighted by Crippen LogP contribution is 2.21. The highest BCUT2D eigenvalue weighted by Gasteiger charge is 2.16. The van der Waals surface area contributed by atoms with E-state index in [1.165, 1.54) is 22.3 Å². The summed E-state index contributed by atoms with van der Waals surface area (Å²) in [6.45, 7) is 9.38. The van der Waals surface area contributed by atoms with Gasteiger partial charge in [-0.1, -0.05) is 61.6 Å². The van der Waals surface area contributed by atoms with Crippen LogP contribution in [0.3, 0.4) is 0 Å². The lowest BCUT2D eigenvalue weighted by Crippen LogP contribution is -2.24. The van der Waals surface area contributed by atoms with Crippen LogP contribution in [-0.2, 0) is 4.74 Å². The van der Waals surface area contributed by atoms with Gasteiger partial charge in [-0.3, -0.25) is 0 Å². The van der Waals surface area contributed by atoms with Crippen LogP contribution < -0.4 is 10.6 Å². The molecule has 1 aliphatic heterocycles. The Morgan fingerprint density at radius 3 is 2.82 bits per heavy atom. The van der Waals surface area contributed by atoms with Gasteiger partial charge in [-0.15, -0.1) is 0 Å². The van der Waals surface area contributed by atoms with E-state index in [1.807, 2.05) is 20.0 Å². The molecule has 1 aromatic heterocycles. The maximum atomic E-state index is 6.10. The van der Waals surface area contributed by atoms with Crippen LogP contribution in [0, 0.1) is 18.8 Å². The molecule has 2 N–H and O–H groups in total. The first kappa shape index (κ1) is 26.9. The molecule has 0 aromatic carbocycles. The van der Waals surface area contributed by atoms with Crippen LogP contribution in [0.1, 0.15) is 51.5 Å². The summed E-state index contributed by atoms with van der Waals surface area (Å²) >= 11 is 1.74. The van der Waals surface area contributed by atoms with Crippen molar-refractivity contribution in [1.82, 2.24) is 10.6 Å². The summed E-state index contributed by atoms with van der Waals surface area (Å²) in [5.41, 5.74) is 5.33. The van der Waals surface area contributed by atoms with E-state index in [0.29, 0.717) is 6.10 Å². The summed E-state index contributed by atoms with van der Waals surface area (Å²) in [4.78, 5) is 0. The van der Waals surface area contributed by atoms with Crippen molar-refractivity contribution >= 4 is 11.3 Å². The first-order valence-electron chi connectivity index (χ1n) is 12.2. The lowest BCUT2D eigenvalue weighted by atomic mass is 9.96. The monoisotopic (exact) mass is 464 g/mol. The van der Waals surface area contributed by atoms with E-state index in [4.69, 9.17) is 4.74 Å². The number of ether oxygens (including phenoxy) is 1. The Bertz CT molecular complexity index is 878. The molecule has 1 atom stereocenters. The minimum atomic E-state index is 0.344. The van der Waals surface area contributed by atoms with Crippen molar-refractivity contribution in [1.29, 1.82) is 0 Å². The minimum absolute atomic E-state index is 0.344. The van der Waals surface area contributed by atoms with Gasteiger partial charge in [-0.25, -0.2) is 0 Å². The molecule has 0 bridgehead atoms. The van der Waals surface area contributed by atoms with Gasteiger partial charge in [0.15, 0.2) is 0 Å². The van der Waals surface area contributed by atoms with Crippen molar-refractivity contribution in [2.45, 2.75) is 59.0 Å². The Morgan fingerprint density at radius 2 is 2.15 bits per heavy atom. The van der Waals surface area contributed by atoms with E-state index in [-0.39, 0.29) is 0 Å². The number of hydrogen-bond acceptors (Lipinski definition) is 4. The molecule has 0 saturated heterocycles. The zero-order valence-electron chi connectivity index (χ0n) is 20.5. The predicted molar refractivity (Wildman–Crippen MR) is 144 cm³/mol. The largest absolute Gasteiger partial charge is 0.387 e. The second kappa shape index (κ2) is 17.2. The molecule has 33 heavy (non-hydrogen) atoms. The van der Waals surface area contributed by atoms with E-state index < -0.39 is 0 Å². The maximum Gasteiger partial charge on any atom is 0.0718 e. The van der Waals surface area contributed by atoms with Crippen molar-refractivity contribution in [3.8, 4) is 11.8 Å². The molecule has 0 fully saturated rings. The van der Waals surface area contributed by atoms with E-state index in [2.05, 4.69) is 82.7 Å². The third-order valence-electron chi connectivity index (χ3n) is 5.29. The number of allylic oxidation sites excluding steroid dienone is 5. The molecule has 3 aliphatic rings. The summed E-state index contributed by atoms with van der Waals surface area (Å²) in [7, 11) is 0. The molecule has 0 radical (unpaired) electrons. The third kappa shape index (κ3) is 11.9. The molecular weight excluding hydrogens is 424 g/mol. The third-order valence-corrected chi connectivity index (χ3v) is 6.09. The van der Waals surface area contributed by atoms with Gasteiger partial charge in [-0.05, 0) is 79.3 Å². The van der Waals surface area contributed by atoms with Gasteiger partial charge in [0.1, 0.15) is 0 Å². The molecule has 3 nitrogen and oxygen atoms in total. The van der Waals surface area contributed by atoms with E-state index in [1.54, 1.807) is 11.3 Å². The van der Waals surface area contributed by atoms with Gasteiger partial charge in [0.2, 0.25) is 0 Å². The van der Waals surface area contributed by atoms with Crippen LogP contribution in [0.5, 0.6) is 0 Å². The van der Waals surface area contributed by atoms with Crippen LogP contribution in [0.2, 0.25) is 0 Å². The topological polar surface area (TPSA) is 33.3 Å². The van der Waals surface area contributed by atoms with Crippen molar-refractivity contribution in [2.24, 2.45) is 0 Å². The lowest BCUT2D eigenvalue weighted by molar-refractivity contribution is 0.0617. The Hall–Kier alpha value is -2.32. The van der Waals surface area contributed by atoms with Gasteiger partial charge in [0.25, 0.3) is 0 Å². The van der Waals surface area contributed by atoms with Gasteiger partial charge in [-0.2, -0.15) is 11.3 Å². The highest BCUT2D eigenvalue weighted by molar-refractivity contribution is 7.07. The Morgan fingerprint density at radius 1 is 1.24 bits per heavy atom. The second-order valence-electron chi connectivity index (χ2n) is 7.96. The van der Waals surface area contributed by atoms with Crippen molar-refractivity contribution in [3.63, 3.8) is 0 Å². The first-order valence-corrected chi connectivity index (χ1v) is 13.2. The molecule has 0 saturated carbocycles. The standard InChI is InChI=1S/C22H28N2O.C5H6S.C2H6/c1-2-6-19(7-3-1)9-5-13-24-17-21-8-4-10-22(16-21)25-18-20-11-14-23-15-12-20;1-5-2-3-6-4-5;1-2/h1-2,6,8,11-12,14,22-24H,3-4,7,10,13,15-18H2;2-4H,1H3;1-2H3. The molecule has 2 aliphatic carbocycles. The summed E-state index contributed by atoms with van der Waals surface area (Å²) in [6.07, 6.45) is 20.9. The molecule has 178 valence electrons. The smallest absolute Gasteiger partial charge is 0.0718 e. The zero-order chi connectivity index (χ0) is 23.6. The van der Waals surface area contributed by atoms with E-state index >= 15 is 0 Å². The number of aryl methyl sites for hydroxylation is 1. The number of thiophene rings is 1. The SMILES string of the molecule is C(#CC1=CC=CCC1)CNCC1=CCCC(OCC2=CCNC=C2)C1.CC.Cc1ccsc1. The summed E-state index contributed by atoms with van der Waals surface area (Å²) in [5, 5.41) is 10.8. The van der Waals surface area contributed by atoms with Gasteiger partial charge < -0.3 is 15.4 Å². The number of nitrogens with one attached hydrogen (secondary N) is 2. The van der Waals surface area contributed by atoms with Crippen molar-refractivity contribution in [2.75, 3.05) is 26.2 Å². The second-order valence-corrected chi connectivity index (χ2v) is 8.74. The fourth-order valence-electron chi connectivity index (χ4n) is 3.53. The molecule has 4 rings (SSSR count). The van der Waals surface area contributed by atoms with E-state index in [9.17, 15) is 0 Å². The van der Waals surface area contributed by atoms with Gasteiger partial charge >= 0.3 is 0 Å². The average molecular weight is 465 g/mol. The lowest BCUT2D eigenvalue weighted by Gasteiger charge is -2.24. The Balaban J connectivity index is 0.000000411. The predicted octanol–water partition coefficient (Wildman–Crippen LogP) is 6.48. The first-order chi connectivity index (χ1) is 16.3. The molecule has 1 aromatic rings. The van der Waals surface area contributed by atoms with Crippen LogP contribution in [-0.4, -0.2) is 32.3 Å². The summed E-state index contributed by atoms with van der Waals surface area (Å²) in [5.74, 6) is 6.49. The quantitative estimate of drug-likeness (QED) is 0.287. The molecule has 1 unspecified atom stereocenters. The summed E-state index contributed by atoms with van der Waals surface area (Å²) in [6, 6.07) is 2.10. The molecule has 4 heteroatoms. The zero-order valence-corrected chi connectivity index (χ0v) is 21.3. The highest BCUT2D eigenvalue weighted by atomic mass is 32.1. The fraction of sp³-hybridized carbons (Fsp3) is 0.448. The van der Waals surface area contributed by atoms with Crippen LogP contribution in [0.25, 0.3) is 0 Å². The normalized spacial score (nSPS) is 18.6.